The molecule has 1 N–H and O–H groups in total. The first kappa shape index (κ1) is 16.6. The average Bonchev–Trinajstić information content (AvgIpc) is 3.14. The van der Waals surface area contributed by atoms with Gasteiger partial charge in [-0.2, -0.15) is 0 Å². The molecule has 0 atom stereocenters. The Morgan fingerprint density at radius 2 is 1.88 bits per heavy atom. The fourth-order valence-corrected chi connectivity index (χ4v) is 3.67. The summed E-state index contributed by atoms with van der Waals surface area (Å²) in [6, 6.07) is 7.24. The lowest BCUT2D eigenvalue weighted by Crippen LogP contribution is -2.39. The first-order chi connectivity index (χ1) is 11.7. The van der Waals surface area contributed by atoms with Gasteiger partial charge in [0.1, 0.15) is 0 Å². The minimum Gasteiger partial charge on any atom is -0.339 e. The van der Waals surface area contributed by atoms with Crippen LogP contribution in [0.5, 0.6) is 0 Å². The summed E-state index contributed by atoms with van der Waals surface area (Å²) in [5.74, 6) is -0.391. The second-order valence-corrected chi connectivity index (χ2v) is 6.94. The van der Waals surface area contributed by atoms with Crippen LogP contribution in [0.3, 0.4) is 0 Å². The van der Waals surface area contributed by atoms with E-state index in [1.165, 1.54) is 17.8 Å². The molecule has 0 aliphatic heterocycles. The van der Waals surface area contributed by atoms with E-state index in [2.05, 4.69) is 10.3 Å². The standard InChI is InChI=1S/C18H21N3O2S/c1-21(13-7-3-2-4-8-13)17(23)15-10-6-5-9-14(15)16(22)20-18-19-11-12-24-18/h5-6,9-13H,2-4,7-8H2,1H3,(H,19,20,22). The molecule has 1 aromatic heterocycles. The van der Waals surface area contributed by atoms with E-state index in [0.717, 1.165) is 25.7 Å². The molecule has 1 aromatic carbocycles. The summed E-state index contributed by atoms with van der Waals surface area (Å²) in [7, 11) is 1.84. The summed E-state index contributed by atoms with van der Waals surface area (Å²) in [4.78, 5) is 31.3. The number of nitrogens with one attached hydrogen (secondary N) is 1. The maximum atomic E-state index is 12.9. The number of hydrogen-bond donors (Lipinski definition) is 1. The van der Waals surface area contributed by atoms with Crippen LogP contribution in [-0.4, -0.2) is 34.8 Å². The quantitative estimate of drug-likeness (QED) is 0.918. The molecule has 1 fully saturated rings. The highest BCUT2D eigenvalue weighted by Gasteiger charge is 2.26. The van der Waals surface area contributed by atoms with Crippen LogP contribution in [0.4, 0.5) is 5.13 Å². The Kier molecular flexibility index (Phi) is 5.25. The molecule has 3 rings (SSSR count). The van der Waals surface area contributed by atoms with Crippen LogP contribution in [0.2, 0.25) is 0 Å². The number of amides is 2. The van der Waals surface area contributed by atoms with E-state index in [4.69, 9.17) is 0 Å². The van der Waals surface area contributed by atoms with Gasteiger partial charge >= 0.3 is 0 Å². The Labute approximate surface area is 145 Å². The predicted octanol–water partition coefficient (Wildman–Crippen LogP) is 3.80. The van der Waals surface area contributed by atoms with Gasteiger partial charge in [-0.25, -0.2) is 4.98 Å². The molecule has 2 amide bonds. The van der Waals surface area contributed by atoms with Gasteiger partial charge in [-0.1, -0.05) is 31.4 Å². The summed E-state index contributed by atoms with van der Waals surface area (Å²) in [5, 5.41) is 5.08. The van der Waals surface area contributed by atoms with Crippen LogP contribution in [0.1, 0.15) is 52.8 Å². The van der Waals surface area contributed by atoms with Crippen molar-refractivity contribution < 1.29 is 9.59 Å². The largest absolute Gasteiger partial charge is 0.339 e. The fourth-order valence-electron chi connectivity index (χ4n) is 3.14. The number of benzene rings is 1. The molecule has 0 radical (unpaired) electrons. The van der Waals surface area contributed by atoms with Gasteiger partial charge in [0.15, 0.2) is 5.13 Å². The number of thiazole rings is 1. The van der Waals surface area contributed by atoms with Crippen molar-refractivity contribution in [2.24, 2.45) is 0 Å². The molecule has 0 unspecified atom stereocenters. The molecule has 0 bridgehead atoms. The number of rotatable bonds is 4. The van der Waals surface area contributed by atoms with Crippen molar-refractivity contribution in [1.82, 2.24) is 9.88 Å². The smallest absolute Gasteiger partial charge is 0.258 e. The Morgan fingerprint density at radius 1 is 1.17 bits per heavy atom. The lowest BCUT2D eigenvalue weighted by atomic mass is 9.93. The van der Waals surface area contributed by atoms with Crippen molar-refractivity contribution in [3.05, 3.63) is 47.0 Å². The van der Waals surface area contributed by atoms with Gasteiger partial charge in [0, 0.05) is 24.7 Å². The number of carbonyl (C=O) groups excluding carboxylic acids is 2. The zero-order valence-electron chi connectivity index (χ0n) is 13.7. The van der Waals surface area contributed by atoms with Gasteiger partial charge in [-0.15, -0.1) is 11.3 Å². The molecule has 126 valence electrons. The molecule has 1 aliphatic carbocycles. The molecule has 24 heavy (non-hydrogen) atoms. The van der Waals surface area contributed by atoms with Crippen molar-refractivity contribution >= 4 is 28.3 Å². The molecule has 6 heteroatoms. The van der Waals surface area contributed by atoms with Crippen LogP contribution < -0.4 is 5.32 Å². The number of hydrogen-bond acceptors (Lipinski definition) is 4. The van der Waals surface area contributed by atoms with Gasteiger partial charge in [-0.3, -0.25) is 14.9 Å². The number of anilines is 1. The maximum absolute atomic E-state index is 12.9. The van der Waals surface area contributed by atoms with Crippen molar-refractivity contribution in [3.8, 4) is 0 Å². The van der Waals surface area contributed by atoms with E-state index in [0.29, 0.717) is 16.3 Å². The zero-order valence-corrected chi connectivity index (χ0v) is 14.5. The first-order valence-electron chi connectivity index (χ1n) is 8.24. The highest BCUT2D eigenvalue weighted by molar-refractivity contribution is 7.13. The van der Waals surface area contributed by atoms with Crippen LogP contribution in [0.25, 0.3) is 0 Å². The van der Waals surface area contributed by atoms with Gasteiger partial charge in [-0.05, 0) is 25.0 Å². The van der Waals surface area contributed by atoms with Crippen LogP contribution >= 0.6 is 11.3 Å². The van der Waals surface area contributed by atoms with E-state index in [-0.39, 0.29) is 17.9 Å². The van der Waals surface area contributed by atoms with Gasteiger partial charge in [0.2, 0.25) is 0 Å². The second kappa shape index (κ2) is 7.57. The van der Waals surface area contributed by atoms with E-state index >= 15 is 0 Å². The number of aromatic nitrogens is 1. The van der Waals surface area contributed by atoms with E-state index in [9.17, 15) is 9.59 Å². The molecule has 1 aliphatic rings. The monoisotopic (exact) mass is 343 g/mol. The Morgan fingerprint density at radius 3 is 2.54 bits per heavy atom. The molecule has 1 heterocycles. The van der Waals surface area contributed by atoms with Crippen LogP contribution in [-0.2, 0) is 0 Å². The summed E-state index contributed by atoms with van der Waals surface area (Å²) in [6.45, 7) is 0. The van der Waals surface area contributed by atoms with Crippen molar-refractivity contribution in [3.63, 3.8) is 0 Å². The summed E-state index contributed by atoms with van der Waals surface area (Å²) in [6.07, 6.45) is 7.27. The molecule has 5 nitrogen and oxygen atoms in total. The van der Waals surface area contributed by atoms with Crippen molar-refractivity contribution in [1.29, 1.82) is 0 Å². The van der Waals surface area contributed by atoms with E-state index < -0.39 is 0 Å². The molecule has 1 saturated carbocycles. The minimum atomic E-state index is -0.300. The van der Waals surface area contributed by atoms with Crippen LogP contribution in [0.15, 0.2) is 35.8 Å². The highest BCUT2D eigenvalue weighted by Crippen LogP contribution is 2.24. The Bertz CT molecular complexity index is 709. The SMILES string of the molecule is CN(C(=O)c1ccccc1C(=O)Nc1nccs1)C1CCCCC1. The molecular weight excluding hydrogens is 322 g/mol. The maximum Gasteiger partial charge on any atom is 0.258 e. The van der Waals surface area contributed by atoms with Gasteiger partial charge < -0.3 is 4.90 Å². The topological polar surface area (TPSA) is 62.3 Å². The molecule has 0 spiro atoms. The lowest BCUT2D eigenvalue weighted by Gasteiger charge is -2.31. The first-order valence-corrected chi connectivity index (χ1v) is 9.12. The summed E-state index contributed by atoms with van der Waals surface area (Å²) >= 11 is 1.35. The minimum absolute atomic E-state index is 0.0909. The third kappa shape index (κ3) is 3.64. The summed E-state index contributed by atoms with van der Waals surface area (Å²) in [5.41, 5.74) is 0.833. The summed E-state index contributed by atoms with van der Waals surface area (Å²) < 4.78 is 0. The molecule has 2 aromatic rings. The lowest BCUT2D eigenvalue weighted by molar-refractivity contribution is 0.0692. The zero-order chi connectivity index (χ0) is 16.9. The Balaban J connectivity index is 1.80. The predicted molar refractivity (Wildman–Crippen MR) is 95.5 cm³/mol. The van der Waals surface area contributed by atoms with Crippen molar-refractivity contribution in [2.75, 3.05) is 12.4 Å². The number of nitrogens with zero attached hydrogens (tertiary/aromatic N) is 2. The van der Waals surface area contributed by atoms with Gasteiger partial charge in [0.25, 0.3) is 11.8 Å². The molecular formula is C18H21N3O2S. The fraction of sp³-hybridized carbons (Fsp3) is 0.389. The van der Waals surface area contributed by atoms with E-state index in [1.54, 1.807) is 40.7 Å². The van der Waals surface area contributed by atoms with Gasteiger partial charge in [0.05, 0.1) is 11.1 Å². The third-order valence-corrected chi connectivity index (χ3v) is 5.19. The molecule has 0 saturated heterocycles. The normalized spacial score (nSPS) is 15.0. The highest BCUT2D eigenvalue weighted by atomic mass is 32.1. The second-order valence-electron chi connectivity index (χ2n) is 6.04. The van der Waals surface area contributed by atoms with Crippen molar-refractivity contribution in [2.45, 2.75) is 38.1 Å². The Hall–Kier alpha value is -2.21. The number of carbonyl (C=O) groups is 2. The van der Waals surface area contributed by atoms with E-state index in [1.807, 2.05) is 7.05 Å². The third-order valence-electron chi connectivity index (χ3n) is 4.50. The van der Waals surface area contributed by atoms with Crippen LogP contribution in [0, 0.1) is 0 Å². The average molecular weight is 343 g/mol.